The molecule has 0 amide bonds. The largest absolute Gasteiger partial charge is 0.495 e. The molecular formula is C24H24N2O6S. The Labute approximate surface area is 191 Å². The fourth-order valence-corrected chi connectivity index (χ4v) is 5.39. The lowest BCUT2D eigenvalue weighted by atomic mass is 10.1. The van der Waals surface area contributed by atoms with Crippen LogP contribution in [0, 0.1) is 13.8 Å². The lowest BCUT2D eigenvalue weighted by Gasteiger charge is -2.18. The number of sulfone groups is 1. The van der Waals surface area contributed by atoms with Crippen LogP contribution >= 0.6 is 0 Å². The SMILES string of the molecule is COc1c(S(=O)(=O)c2ccc(C)cc2)ccc(C(=O)Oc2cc(=O)n3c(n2)CCCC3)c1C. The summed E-state index contributed by atoms with van der Waals surface area (Å²) in [4.78, 5) is 29.6. The number of fused-ring (bicyclic) bond motifs is 1. The second-order valence-electron chi connectivity index (χ2n) is 7.93. The monoisotopic (exact) mass is 468 g/mol. The van der Waals surface area contributed by atoms with E-state index in [1.165, 1.54) is 37.4 Å². The molecule has 3 aromatic rings. The third-order valence-electron chi connectivity index (χ3n) is 5.71. The van der Waals surface area contributed by atoms with Gasteiger partial charge in [0.1, 0.15) is 16.5 Å². The van der Waals surface area contributed by atoms with E-state index >= 15 is 0 Å². The molecule has 1 aliphatic rings. The lowest BCUT2D eigenvalue weighted by Crippen LogP contribution is -2.28. The van der Waals surface area contributed by atoms with Crippen LogP contribution in [0.1, 0.15) is 40.2 Å². The molecule has 0 N–H and O–H groups in total. The van der Waals surface area contributed by atoms with Crippen LogP contribution in [0.5, 0.6) is 11.6 Å². The number of nitrogens with zero attached hydrogens (tertiary/aromatic N) is 2. The van der Waals surface area contributed by atoms with Gasteiger partial charge in [-0.15, -0.1) is 0 Å². The molecule has 0 aliphatic carbocycles. The minimum absolute atomic E-state index is 0.0481. The number of aromatic nitrogens is 2. The number of hydrogen-bond acceptors (Lipinski definition) is 7. The molecule has 0 unspecified atom stereocenters. The van der Waals surface area contributed by atoms with Crippen LogP contribution in [0.3, 0.4) is 0 Å². The Morgan fingerprint density at radius 3 is 2.48 bits per heavy atom. The van der Waals surface area contributed by atoms with Crippen LogP contribution in [0.25, 0.3) is 0 Å². The molecule has 33 heavy (non-hydrogen) atoms. The van der Waals surface area contributed by atoms with E-state index in [1.807, 2.05) is 6.92 Å². The maximum absolute atomic E-state index is 13.2. The predicted molar refractivity (Wildman–Crippen MR) is 121 cm³/mol. The van der Waals surface area contributed by atoms with Gasteiger partial charge in [-0.2, -0.15) is 4.98 Å². The van der Waals surface area contributed by atoms with Crippen molar-refractivity contribution in [3.63, 3.8) is 0 Å². The number of hydrogen-bond donors (Lipinski definition) is 0. The highest BCUT2D eigenvalue weighted by atomic mass is 32.2. The minimum atomic E-state index is -3.87. The zero-order valence-corrected chi connectivity index (χ0v) is 19.4. The van der Waals surface area contributed by atoms with Crippen molar-refractivity contribution in [2.75, 3.05) is 7.11 Å². The van der Waals surface area contributed by atoms with E-state index in [0.29, 0.717) is 24.4 Å². The molecule has 9 heteroatoms. The predicted octanol–water partition coefficient (Wildman–Crippen LogP) is 3.26. The summed E-state index contributed by atoms with van der Waals surface area (Å²) in [5.41, 5.74) is 1.10. The third-order valence-corrected chi connectivity index (χ3v) is 7.50. The van der Waals surface area contributed by atoms with Gasteiger partial charge >= 0.3 is 5.97 Å². The fourth-order valence-electron chi connectivity index (χ4n) is 3.91. The molecule has 0 saturated carbocycles. The summed E-state index contributed by atoms with van der Waals surface area (Å²) in [6, 6.07) is 10.4. The highest BCUT2D eigenvalue weighted by molar-refractivity contribution is 7.91. The second kappa shape index (κ2) is 8.82. The summed E-state index contributed by atoms with van der Waals surface area (Å²) >= 11 is 0. The summed E-state index contributed by atoms with van der Waals surface area (Å²) < 4.78 is 38.7. The Morgan fingerprint density at radius 1 is 1.06 bits per heavy atom. The standard InChI is InChI=1S/C24H24N2O6S/c1-15-7-9-17(10-8-15)33(29,30)19-12-11-18(16(2)23(19)31-3)24(28)32-21-14-22(27)26-13-5-4-6-20(26)25-21/h7-12,14H,4-6,13H2,1-3H3. The average molecular weight is 469 g/mol. The molecular weight excluding hydrogens is 444 g/mol. The van der Waals surface area contributed by atoms with Crippen molar-refractivity contribution < 1.29 is 22.7 Å². The number of ether oxygens (including phenoxy) is 2. The Balaban J connectivity index is 1.68. The zero-order valence-electron chi connectivity index (χ0n) is 18.6. The molecule has 1 aromatic heterocycles. The van der Waals surface area contributed by atoms with Gasteiger partial charge in [-0.3, -0.25) is 9.36 Å². The van der Waals surface area contributed by atoms with Gasteiger partial charge in [0.25, 0.3) is 5.56 Å². The van der Waals surface area contributed by atoms with Gasteiger partial charge in [0.05, 0.1) is 23.6 Å². The van der Waals surface area contributed by atoms with Crippen LogP contribution in [-0.2, 0) is 22.8 Å². The fraction of sp³-hybridized carbons (Fsp3) is 0.292. The topological polar surface area (TPSA) is 105 Å². The van der Waals surface area contributed by atoms with Crippen molar-refractivity contribution in [3.8, 4) is 11.6 Å². The summed E-state index contributed by atoms with van der Waals surface area (Å²) in [6.45, 7) is 4.05. The molecule has 0 saturated heterocycles. The van der Waals surface area contributed by atoms with E-state index < -0.39 is 15.8 Å². The molecule has 8 nitrogen and oxygen atoms in total. The molecule has 4 rings (SSSR count). The first-order chi connectivity index (χ1) is 15.7. The van der Waals surface area contributed by atoms with Gasteiger partial charge in [-0.25, -0.2) is 13.2 Å². The van der Waals surface area contributed by atoms with Gasteiger partial charge in [0, 0.05) is 18.5 Å². The van der Waals surface area contributed by atoms with Crippen LogP contribution in [0.15, 0.2) is 57.1 Å². The van der Waals surface area contributed by atoms with Crippen molar-refractivity contribution in [1.82, 2.24) is 9.55 Å². The number of methoxy groups -OCH3 is 1. The van der Waals surface area contributed by atoms with Crippen molar-refractivity contribution in [2.24, 2.45) is 0 Å². The maximum Gasteiger partial charge on any atom is 0.345 e. The summed E-state index contributed by atoms with van der Waals surface area (Å²) in [6.07, 6.45) is 2.46. The third kappa shape index (κ3) is 4.28. The van der Waals surface area contributed by atoms with Gasteiger partial charge in [-0.1, -0.05) is 17.7 Å². The van der Waals surface area contributed by atoms with Gasteiger partial charge in [0.2, 0.25) is 15.7 Å². The molecule has 172 valence electrons. The number of benzene rings is 2. The molecule has 0 atom stereocenters. The lowest BCUT2D eigenvalue weighted by molar-refractivity contribution is 0.0724. The number of rotatable bonds is 5. The van der Waals surface area contributed by atoms with Crippen LogP contribution < -0.4 is 15.0 Å². The van der Waals surface area contributed by atoms with Gasteiger partial charge in [0.15, 0.2) is 0 Å². The average Bonchev–Trinajstić information content (AvgIpc) is 2.79. The molecule has 0 spiro atoms. The molecule has 0 bridgehead atoms. The molecule has 0 radical (unpaired) electrons. The van der Waals surface area contributed by atoms with E-state index in [2.05, 4.69) is 4.98 Å². The van der Waals surface area contributed by atoms with Crippen molar-refractivity contribution in [2.45, 2.75) is 49.4 Å². The van der Waals surface area contributed by atoms with E-state index in [0.717, 1.165) is 18.4 Å². The van der Waals surface area contributed by atoms with E-state index in [1.54, 1.807) is 23.6 Å². The molecule has 2 aromatic carbocycles. The Bertz CT molecular complexity index is 1390. The Kier molecular flexibility index (Phi) is 6.07. The van der Waals surface area contributed by atoms with Gasteiger partial charge in [-0.05, 0) is 51.0 Å². The number of carbonyl (C=O) groups excluding carboxylic acids is 1. The van der Waals surface area contributed by atoms with Crippen molar-refractivity contribution in [1.29, 1.82) is 0 Å². The molecule has 2 heterocycles. The molecule has 0 fully saturated rings. The van der Waals surface area contributed by atoms with E-state index in [-0.39, 0.29) is 32.5 Å². The second-order valence-corrected chi connectivity index (χ2v) is 9.85. The number of carbonyl (C=O) groups is 1. The van der Waals surface area contributed by atoms with Crippen molar-refractivity contribution in [3.05, 3.63) is 75.3 Å². The number of aryl methyl sites for hydroxylation is 2. The van der Waals surface area contributed by atoms with Crippen LogP contribution in [0.4, 0.5) is 0 Å². The first-order valence-electron chi connectivity index (χ1n) is 10.5. The van der Waals surface area contributed by atoms with Gasteiger partial charge < -0.3 is 9.47 Å². The smallest absolute Gasteiger partial charge is 0.345 e. The Morgan fingerprint density at radius 2 is 1.79 bits per heavy atom. The Hall–Kier alpha value is -3.46. The van der Waals surface area contributed by atoms with Crippen molar-refractivity contribution >= 4 is 15.8 Å². The van der Waals surface area contributed by atoms with Crippen LogP contribution in [0.2, 0.25) is 0 Å². The molecule has 1 aliphatic heterocycles. The summed E-state index contributed by atoms with van der Waals surface area (Å²) in [5.74, 6) is -0.181. The summed E-state index contributed by atoms with van der Waals surface area (Å²) in [5, 5.41) is 0. The zero-order chi connectivity index (χ0) is 23.8. The normalized spacial score (nSPS) is 13.3. The summed E-state index contributed by atoms with van der Waals surface area (Å²) in [7, 11) is -2.53. The van der Waals surface area contributed by atoms with Crippen LogP contribution in [-0.4, -0.2) is 31.0 Å². The maximum atomic E-state index is 13.2. The highest BCUT2D eigenvalue weighted by Gasteiger charge is 2.27. The quantitative estimate of drug-likeness (QED) is 0.529. The highest BCUT2D eigenvalue weighted by Crippen LogP contribution is 2.34. The van der Waals surface area contributed by atoms with E-state index in [4.69, 9.17) is 9.47 Å². The number of esters is 1. The first-order valence-corrected chi connectivity index (χ1v) is 12.0. The minimum Gasteiger partial charge on any atom is -0.495 e. The first kappa shape index (κ1) is 22.7. The van der Waals surface area contributed by atoms with E-state index in [9.17, 15) is 18.0 Å².